The molecule has 2 aromatic rings. The summed E-state index contributed by atoms with van der Waals surface area (Å²) < 4.78 is 0. The van der Waals surface area contributed by atoms with Gasteiger partial charge in [0.25, 0.3) is 0 Å². The summed E-state index contributed by atoms with van der Waals surface area (Å²) in [5.41, 5.74) is 2.91. The minimum absolute atomic E-state index is 0.124. The van der Waals surface area contributed by atoms with Crippen LogP contribution in [0.5, 0.6) is 5.75 Å². The van der Waals surface area contributed by atoms with Crippen molar-refractivity contribution in [3.8, 4) is 16.9 Å². The minimum atomic E-state index is -0.135. The summed E-state index contributed by atoms with van der Waals surface area (Å²) in [6, 6.07) is 15.6. The Labute approximate surface area is 103 Å². The Balaban J connectivity index is 2.67. The first-order valence-corrected chi connectivity index (χ1v) is 5.86. The van der Waals surface area contributed by atoms with Gasteiger partial charge in [0.05, 0.1) is 0 Å². The Morgan fingerprint density at radius 3 is 2.06 bits per heavy atom. The van der Waals surface area contributed by atoms with Crippen molar-refractivity contribution in [2.24, 2.45) is 0 Å². The van der Waals surface area contributed by atoms with Crippen LogP contribution in [0.4, 0.5) is 0 Å². The summed E-state index contributed by atoms with van der Waals surface area (Å²) in [5, 5.41) is 12.1. The standard InChI is InChI=1S/C16H17O/c1-16(2,3)15-13(10-7-11-14(15)17)12-8-5-4-6-9-12/h4-11H,1-3H3. The van der Waals surface area contributed by atoms with Gasteiger partial charge in [0.2, 0.25) is 0 Å². The van der Waals surface area contributed by atoms with Gasteiger partial charge in [-0.1, -0.05) is 63.2 Å². The zero-order valence-corrected chi connectivity index (χ0v) is 10.5. The molecule has 0 amide bonds. The van der Waals surface area contributed by atoms with Crippen LogP contribution >= 0.6 is 0 Å². The van der Waals surface area contributed by atoms with Gasteiger partial charge in [-0.25, -0.2) is 0 Å². The molecule has 0 aromatic heterocycles. The molecule has 0 aliphatic carbocycles. The second-order valence-corrected chi connectivity index (χ2v) is 5.29. The van der Waals surface area contributed by atoms with Crippen LogP contribution in [0, 0.1) is 0 Å². The van der Waals surface area contributed by atoms with Gasteiger partial charge in [-0.15, -0.1) is 0 Å². The normalized spacial score (nSPS) is 11.5. The fourth-order valence-corrected chi connectivity index (χ4v) is 2.16. The molecule has 1 heteroatoms. The van der Waals surface area contributed by atoms with E-state index in [4.69, 9.17) is 0 Å². The van der Waals surface area contributed by atoms with Crippen molar-refractivity contribution < 1.29 is 5.11 Å². The molecule has 0 saturated heterocycles. The van der Waals surface area contributed by atoms with Crippen LogP contribution in [0.25, 0.3) is 11.1 Å². The van der Waals surface area contributed by atoms with Crippen molar-refractivity contribution in [2.45, 2.75) is 26.2 Å². The van der Waals surface area contributed by atoms with E-state index >= 15 is 0 Å². The third-order valence-electron chi connectivity index (χ3n) is 2.86. The second kappa shape index (κ2) is 4.25. The van der Waals surface area contributed by atoms with Crippen molar-refractivity contribution in [3.05, 3.63) is 54.1 Å². The van der Waals surface area contributed by atoms with E-state index in [0.717, 1.165) is 16.7 Å². The maximum atomic E-state index is 12.1. The molecule has 0 atom stereocenters. The van der Waals surface area contributed by atoms with Gasteiger partial charge in [-0.3, -0.25) is 5.11 Å². The lowest BCUT2D eigenvalue weighted by Gasteiger charge is -2.23. The van der Waals surface area contributed by atoms with E-state index in [9.17, 15) is 5.11 Å². The van der Waals surface area contributed by atoms with Crippen LogP contribution in [-0.2, 0) is 10.5 Å². The van der Waals surface area contributed by atoms with Gasteiger partial charge >= 0.3 is 0 Å². The lowest BCUT2D eigenvalue weighted by molar-refractivity contribution is 0.341. The number of rotatable bonds is 1. The Morgan fingerprint density at radius 1 is 0.824 bits per heavy atom. The fourth-order valence-electron chi connectivity index (χ4n) is 2.16. The first kappa shape index (κ1) is 11.7. The summed E-state index contributed by atoms with van der Waals surface area (Å²) in [4.78, 5) is 0. The third kappa shape index (κ3) is 2.33. The molecule has 0 N–H and O–H groups in total. The van der Waals surface area contributed by atoms with E-state index in [0.29, 0.717) is 0 Å². The average Bonchev–Trinajstić information content (AvgIpc) is 2.28. The van der Waals surface area contributed by atoms with E-state index in [1.807, 2.05) is 42.5 Å². The number of hydrogen-bond donors (Lipinski definition) is 0. The van der Waals surface area contributed by atoms with E-state index < -0.39 is 0 Å². The molecule has 0 fully saturated rings. The summed E-state index contributed by atoms with van der Waals surface area (Å²) >= 11 is 0. The van der Waals surface area contributed by atoms with E-state index in [1.54, 1.807) is 6.07 Å². The first-order valence-electron chi connectivity index (χ1n) is 5.86. The Bertz CT molecular complexity index is 507. The quantitative estimate of drug-likeness (QED) is 0.664. The van der Waals surface area contributed by atoms with Crippen LogP contribution in [0.3, 0.4) is 0 Å². The molecular formula is C16H17O. The van der Waals surface area contributed by atoms with Crippen molar-refractivity contribution in [1.29, 1.82) is 0 Å². The summed E-state index contributed by atoms with van der Waals surface area (Å²) in [6.07, 6.45) is 0. The molecule has 0 saturated carbocycles. The highest BCUT2D eigenvalue weighted by atomic mass is 16.3. The topological polar surface area (TPSA) is 19.9 Å². The maximum Gasteiger partial charge on any atom is 0.182 e. The van der Waals surface area contributed by atoms with Crippen molar-refractivity contribution >= 4 is 0 Å². The molecule has 0 aliphatic rings. The predicted molar refractivity (Wildman–Crippen MR) is 70.7 cm³/mol. The van der Waals surface area contributed by atoms with Crippen molar-refractivity contribution in [1.82, 2.24) is 0 Å². The highest BCUT2D eigenvalue weighted by molar-refractivity contribution is 5.71. The minimum Gasteiger partial charge on any atom is -0.290 e. The molecule has 0 unspecified atom stereocenters. The van der Waals surface area contributed by atoms with Crippen LogP contribution in [-0.4, -0.2) is 0 Å². The van der Waals surface area contributed by atoms with Crippen molar-refractivity contribution in [3.63, 3.8) is 0 Å². The third-order valence-corrected chi connectivity index (χ3v) is 2.86. The van der Waals surface area contributed by atoms with Gasteiger partial charge in [0, 0.05) is 5.56 Å². The average molecular weight is 225 g/mol. The van der Waals surface area contributed by atoms with Crippen LogP contribution in [0.15, 0.2) is 48.5 Å². The van der Waals surface area contributed by atoms with Crippen LogP contribution in [0.2, 0.25) is 0 Å². The summed E-state index contributed by atoms with van der Waals surface area (Å²) in [5.74, 6) is 0.124. The second-order valence-electron chi connectivity index (χ2n) is 5.29. The van der Waals surface area contributed by atoms with Gasteiger partial charge in [-0.05, 0) is 22.6 Å². The summed E-state index contributed by atoms with van der Waals surface area (Å²) in [7, 11) is 0. The molecule has 0 bridgehead atoms. The molecular weight excluding hydrogens is 208 g/mol. The number of hydrogen-bond acceptors (Lipinski definition) is 0. The van der Waals surface area contributed by atoms with Gasteiger partial charge in [-0.2, -0.15) is 0 Å². The molecule has 2 rings (SSSR count). The van der Waals surface area contributed by atoms with Gasteiger partial charge in [0.15, 0.2) is 5.75 Å². The molecule has 1 radical (unpaired) electrons. The molecule has 0 heterocycles. The van der Waals surface area contributed by atoms with Crippen LogP contribution in [0.1, 0.15) is 26.3 Å². The smallest absolute Gasteiger partial charge is 0.182 e. The largest absolute Gasteiger partial charge is 0.290 e. The number of benzene rings is 2. The highest BCUT2D eigenvalue weighted by Gasteiger charge is 2.23. The summed E-state index contributed by atoms with van der Waals surface area (Å²) in [6.45, 7) is 6.24. The van der Waals surface area contributed by atoms with E-state index in [2.05, 4.69) is 20.8 Å². The van der Waals surface area contributed by atoms with Gasteiger partial charge in [0.1, 0.15) is 0 Å². The molecule has 0 spiro atoms. The maximum absolute atomic E-state index is 12.1. The molecule has 0 aliphatic heterocycles. The lowest BCUT2D eigenvalue weighted by Crippen LogP contribution is -2.12. The monoisotopic (exact) mass is 225 g/mol. The Morgan fingerprint density at radius 2 is 1.47 bits per heavy atom. The van der Waals surface area contributed by atoms with Gasteiger partial charge < -0.3 is 0 Å². The van der Waals surface area contributed by atoms with E-state index in [-0.39, 0.29) is 11.2 Å². The molecule has 87 valence electrons. The zero-order chi connectivity index (χ0) is 12.5. The van der Waals surface area contributed by atoms with Crippen molar-refractivity contribution in [2.75, 3.05) is 0 Å². The molecule has 2 aromatic carbocycles. The zero-order valence-electron chi connectivity index (χ0n) is 10.5. The van der Waals surface area contributed by atoms with Crippen LogP contribution < -0.4 is 0 Å². The lowest BCUT2D eigenvalue weighted by atomic mass is 9.81. The first-order chi connectivity index (χ1) is 8.00. The Kier molecular flexibility index (Phi) is 2.93. The van der Waals surface area contributed by atoms with E-state index in [1.165, 1.54) is 0 Å². The predicted octanol–water partition coefficient (Wildman–Crippen LogP) is 4.79. The fraction of sp³-hybridized carbons (Fsp3) is 0.250. The highest BCUT2D eigenvalue weighted by Crippen LogP contribution is 2.38. The molecule has 1 nitrogen and oxygen atoms in total. The molecule has 17 heavy (non-hydrogen) atoms. The SMILES string of the molecule is CC(C)(C)c1c([O])cccc1-c1ccccc1. The Hall–Kier alpha value is -1.76.